The second-order valence-corrected chi connectivity index (χ2v) is 4.18. The molecule has 1 fully saturated rings. The van der Waals surface area contributed by atoms with E-state index in [9.17, 15) is 18.0 Å². The average Bonchev–Trinajstić information content (AvgIpc) is 2.94. The normalized spacial score (nSPS) is 20.1. The molecule has 0 aromatic heterocycles. The van der Waals surface area contributed by atoms with E-state index < -0.39 is 17.6 Å². The molecule has 16 heavy (non-hydrogen) atoms. The predicted molar refractivity (Wildman–Crippen MR) is 53.6 cm³/mol. The van der Waals surface area contributed by atoms with E-state index in [4.69, 9.17) is 5.73 Å². The van der Waals surface area contributed by atoms with Crippen LogP contribution in [0.2, 0.25) is 0 Å². The summed E-state index contributed by atoms with van der Waals surface area (Å²) in [6, 6.07) is -0.115. The molecule has 1 saturated carbocycles. The molecule has 1 aliphatic carbocycles. The molecule has 3 nitrogen and oxygen atoms in total. The van der Waals surface area contributed by atoms with Crippen molar-refractivity contribution >= 4 is 5.91 Å². The van der Waals surface area contributed by atoms with Crippen molar-refractivity contribution in [3.05, 3.63) is 12.7 Å². The molecule has 1 amide bonds. The van der Waals surface area contributed by atoms with Gasteiger partial charge in [-0.2, -0.15) is 13.2 Å². The third-order valence-electron chi connectivity index (χ3n) is 2.61. The van der Waals surface area contributed by atoms with Gasteiger partial charge < -0.3 is 10.6 Å². The average molecular weight is 236 g/mol. The smallest absolute Gasteiger partial charge is 0.334 e. The van der Waals surface area contributed by atoms with E-state index in [1.165, 1.54) is 6.08 Å². The highest BCUT2D eigenvalue weighted by molar-refractivity contribution is 5.87. The van der Waals surface area contributed by atoms with E-state index in [0.29, 0.717) is 6.92 Å². The molecule has 0 aromatic rings. The van der Waals surface area contributed by atoms with Crippen LogP contribution in [0.4, 0.5) is 13.2 Å². The number of carbonyl (C=O) groups excluding carboxylic acids is 1. The minimum Gasteiger partial charge on any atom is -0.334 e. The Morgan fingerprint density at radius 2 is 2.06 bits per heavy atom. The number of rotatable bonds is 4. The van der Waals surface area contributed by atoms with Gasteiger partial charge in [-0.05, 0) is 19.8 Å². The molecule has 92 valence electrons. The number of halogens is 3. The number of hydrogen-bond donors (Lipinski definition) is 1. The monoisotopic (exact) mass is 236 g/mol. The molecule has 0 spiro atoms. The summed E-state index contributed by atoms with van der Waals surface area (Å²) >= 11 is 0. The molecule has 0 aliphatic heterocycles. The highest BCUT2D eigenvalue weighted by Crippen LogP contribution is 2.34. The first kappa shape index (κ1) is 13.0. The predicted octanol–water partition coefficient (Wildman–Crippen LogP) is 1.44. The summed E-state index contributed by atoms with van der Waals surface area (Å²) in [6.45, 7) is 4.23. The molecule has 1 unspecified atom stereocenters. The molecule has 0 heterocycles. The molecule has 6 heteroatoms. The SMILES string of the molecule is C=CCN(C(=O)C(C)(N)C(F)(F)F)C1CC1. The molecule has 0 bridgehead atoms. The summed E-state index contributed by atoms with van der Waals surface area (Å²) in [5.74, 6) is -1.08. The Morgan fingerprint density at radius 3 is 2.38 bits per heavy atom. The zero-order chi connectivity index (χ0) is 12.6. The molecule has 1 rings (SSSR count). The fourth-order valence-corrected chi connectivity index (χ4v) is 1.34. The summed E-state index contributed by atoms with van der Waals surface area (Å²) in [5.41, 5.74) is 2.26. The van der Waals surface area contributed by atoms with Gasteiger partial charge in [-0.15, -0.1) is 6.58 Å². The first-order valence-electron chi connectivity index (χ1n) is 4.99. The maximum atomic E-state index is 12.6. The van der Waals surface area contributed by atoms with Gasteiger partial charge in [0.05, 0.1) is 0 Å². The minimum absolute atomic E-state index is 0.104. The van der Waals surface area contributed by atoms with Gasteiger partial charge in [-0.25, -0.2) is 0 Å². The van der Waals surface area contributed by atoms with Crippen molar-refractivity contribution in [2.45, 2.75) is 37.5 Å². The van der Waals surface area contributed by atoms with Crippen LogP contribution in [0.5, 0.6) is 0 Å². The molecule has 2 N–H and O–H groups in total. The van der Waals surface area contributed by atoms with Crippen LogP contribution in [0, 0.1) is 0 Å². The number of nitrogens with zero attached hydrogens (tertiary/aromatic N) is 1. The van der Waals surface area contributed by atoms with E-state index in [-0.39, 0.29) is 12.6 Å². The topological polar surface area (TPSA) is 46.3 Å². The molecule has 1 atom stereocenters. The molecule has 1 aliphatic rings. The first-order valence-corrected chi connectivity index (χ1v) is 4.99. The second kappa shape index (κ2) is 4.08. The van der Waals surface area contributed by atoms with Crippen molar-refractivity contribution in [3.8, 4) is 0 Å². The lowest BCUT2D eigenvalue weighted by atomic mass is 10.0. The maximum absolute atomic E-state index is 12.6. The van der Waals surface area contributed by atoms with Crippen molar-refractivity contribution in [1.82, 2.24) is 4.90 Å². The van der Waals surface area contributed by atoms with E-state index in [2.05, 4.69) is 6.58 Å². The fraction of sp³-hybridized carbons (Fsp3) is 0.700. The summed E-state index contributed by atoms with van der Waals surface area (Å²) in [5, 5.41) is 0. The van der Waals surface area contributed by atoms with Gasteiger partial charge in [0.25, 0.3) is 5.91 Å². The minimum atomic E-state index is -4.74. The highest BCUT2D eigenvalue weighted by Gasteiger charge is 2.56. The Morgan fingerprint density at radius 1 is 1.56 bits per heavy atom. The fourth-order valence-electron chi connectivity index (χ4n) is 1.34. The van der Waals surface area contributed by atoms with Crippen molar-refractivity contribution in [3.63, 3.8) is 0 Å². The van der Waals surface area contributed by atoms with Crippen molar-refractivity contribution in [1.29, 1.82) is 0 Å². The van der Waals surface area contributed by atoms with E-state index in [1.807, 2.05) is 0 Å². The number of nitrogens with two attached hydrogens (primary N) is 1. The zero-order valence-corrected chi connectivity index (χ0v) is 9.05. The quantitative estimate of drug-likeness (QED) is 0.751. The molecular weight excluding hydrogens is 221 g/mol. The van der Waals surface area contributed by atoms with Gasteiger partial charge in [0, 0.05) is 12.6 Å². The number of alkyl halides is 3. The van der Waals surface area contributed by atoms with Crippen LogP contribution >= 0.6 is 0 Å². The first-order chi connectivity index (χ1) is 7.21. The third-order valence-corrected chi connectivity index (χ3v) is 2.61. The highest BCUT2D eigenvalue weighted by atomic mass is 19.4. The van der Waals surface area contributed by atoms with Crippen molar-refractivity contribution < 1.29 is 18.0 Å². The summed E-state index contributed by atoms with van der Waals surface area (Å²) in [6.07, 6.45) is -1.87. The van der Waals surface area contributed by atoms with Crippen LogP contribution in [-0.4, -0.2) is 35.1 Å². The van der Waals surface area contributed by atoms with E-state index in [1.54, 1.807) is 0 Å². The van der Waals surface area contributed by atoms with Gasteiger partial charge in [0.1, 0.15) is 0 Å². The Labute approximate surface area is 92.1 Å². The lowest BCUT2D eigenvalue weighted by Gasteiger charge is -2.32. The molecule has 0 saturated heterocycles. The van der Waals surface area contributed by atoms with Crippen LogP contribution in [0.15, 0.2) is 12.7 Å². The van der Waals surface area contributed by atoms with Crippen molar-refractivity contribution in [2.24, 2.45) is 5.73 Å². The summed E-state index contributed by atoms with van der Waals surface area (Å²) < 4.78 is 37.7. The number of hydrogen-bond acceptors (Lipinski definition) is 2. The van der Waals surface area contributed by atoms with Crippen molar-refractivity contribution in [2.75, 3.05) is 6.54 Å². The van der Waals surface area contributed by atoms with Gasteiger partial charge in [0.2, 0.25) is 0 Å². The Balaban J connectivity index is 2.85. The second-order valence-electron chi connectivity index (χ2n) is 4.18. The van der Waals surface area contributed by atoms with Crippen LogP contribution in [0.3, 0.4) is 0 Å². The summed E-state index contributed by atoms with van der Waals surface area (Å²) in [7, 11) is 0. The van der Waals surface area contributed by atoms with E-state index in [0.717, 1.165) is 17.7 Å². The lowest BCUT2D eigenvalue weighted by Crippen LogP contribution is -2.62. The van der Waals surface area contributed by atoms with Gasteiger partial charge in [-0.1, -0.05) is 6.08 Å². The Hall–Kier alpha value is -1.04. The maximum Gasteiger partial charge on any atom is 0.415 e. The van der Waals surface area contributed by atoms with Crippen LogP contribution in [0.25, 0.3) is 0 Å². The summed E-state index contributed by atoms with van der Waals surface area (Å²) in [4.78, 5) is 12.9. The van der Waals surface area contributed by atoms with Crippen LogP contribution in [0.1, 0.15) is 19.8 Å². The standard InChI is InChI=1S/C10H15F3N2O/c1-3-6-15(7-4-5-7)8(16)9(2,14)10(11,12)13/h3,7H,1,4-6,14H2,2H3. The van der Waals surface area contributed by atoms with Gasteiger partial charge >= 0.3 is 6.18 Å². The van der Waals surface area contributed by atoms with Crippen LogP contribution in [-0.2, 0) is 4.79 Å². The molecular formula is C10H15F3N2O. The lowest BCUT2D eigenvalue weighted by molar-refractivity contribution is -0.193. The molecule has 0 radical (unpaired) electrons. The van der Waals surface area contributed by atoms with Gasteiger partial charge in [-0.3, -0.25) is 4.79 Å². The molecule has 0 aromatic carbocycles. The Kier molecular flexibility index (Phi) is 3.33. The number of carbonyl (C=O) groups is 1. The number of amides is 1. The van der Waals surface area contributed by atoms with E-state index >= 15 is 0 Å². The zero-order valence-electron chi connectivity index (χ0n) is 9.05. The van der Waals surface area contributed by atoms with Crippen LogP contribution < -0.4 is 5.73 Å². The largest absolute Gasteiger partial charge is 0.415 e. The van der Waals surface area contributed by atoms with Gasteiger partial charge in [0.15, 0.2) is 5.54 Å². The third kappa shape index (κ3) is 2.37. The Bertz CT molecular complexity index is 295.